The topological polar surface area (TPSA) is 32.3 Å². The molecule has 0 heterocycles. The van der Waals surface area contributed by atoms with Gasteiger partial charge < -0.3 is 10.2 Å². The van der Waals surface area contributed by atoms with Gasteiger partial charge in [-0.1, -0.05) is 53.9 Å². The third-order valence-electron chi connectivity index (χ3n) is 4.76. The Bertz CT molecular complexity index is 292. The molecule has 1 unspecified atom stereocenters. The second-order valence-corrected chi connectivity index (χ2v) is 7.87. The Morgan fingerprint density at radius 1 is 0.875 bits per heavy atom. The van der Waals surface area contributed by atoms with Gasteiger partial charge in [-0.2, -0.15) is 0 Å². The van der Waals surface area contributed by atoms with Crippen LogP contribution in [0.4, 0.5) is 0 Å². The van der Waals surface area contributed by atoms with Crippen LogP contribution < -0.4 is 5.32 Å². The first-order chi connectivity index (χ1) is 11.5. The molecule has 0 aliphatic rings. The highest BCUT2D eigenvalue weighted by molar-refractivity contribution is 5.75. The molecule has 3 nitrogen and oxygen atoms in total. The molecule has 24 heavy (non-hydrogen) atoms. The molecule has 0 rings (SSSR count). The standard InChI is InChI=1S/C21H44N2O/c1-6-8-10-16-23(17-13-19(3)4)18-14-20(5)12-15-22-21(24)11-9-7-2/h19-20H,6-18H2,1-5H3,(H,22,24). The Labute approximate surface area is 152 Å². The number of rotatable bonds is 16. The van der Waals surface area contributed by atoms with Crippen molar-refractivity contribution in [1.82, 2.24) is 10.2 Å². The summed E-state index contributed by atoms with van der Waals surface area (Å²) in [6, 6.07) is 0. The van der Waals surface area contributed by atoms with Crippen LogP contribution in [0.2, 0.25) is 0 Å². The third-order valence-corrected chi connectivity index (χ3v) is 4.76. The summed E-state index contributed by atoms with van der Waals surface area (Å²) < 4.78 is 0. The van der Waals surface area contributed by atoms with Crippen LogP contribution in [0, 0.1) is 11.8 Å². The van der Waals surface area contributed by atoms with Gasteiger partial charge in [-0.05, 0) is 63.6 Å². The van der Waals surface area contributed by atoms with E-state index in [9.17, 15) is 4.79 Å². The summed E-state index contributed by atoms with van der Waals surface area (Å²) in [6.45, 7) is 15.9. The van der Waals surface area contributed by atoms with E-state index in [4.69, 9.17) is 0 Å². The average Bonchev–Trinajstić information content (AvgIpc) is 2.54. The Morgan fingerprint density at radius 3 is 2.17 bits per heavy atom. The normalized spacial score (nSPS) is 12.8. The molecular weight excluding hydrogens is 296 g/mol. The van der Waals surface area contributed by atoms with E-state index in [1.54, 1.807) is 0 Å². The predicted molar refractivity (Wildman–Crippen MR) is 106 cm³/mol. The maximum absolute atomic E-state index is 11.6. The van der Waals surface area contributed by atoms with Crippen LogP contribution in [0.3, 0.4) is 0 Å². The molecule has 0 saturated carbocycles. The summed E-state index contributed by atoms with van der Waals surface area (Å²) in [6.07, 6.45) is 10.4. The van der Waals surface area contributed by atoms with Crippen molar-refractivity contribution >= 4 is 5.91 Å². The highest BCUT2D eigenvalue weighted by Crippen LogP contribution is 2.11. The minimum absolute atomic E-state index is 0.224. The quantitative estimate of drug-likeness (QED) is 0.389. The van der Waals surface area contributed by atoms with Crippen LogP contribution in [0.5, 0.6) is 0 Å². The largest absolute Gasteiger partial charge is 0.356 e. The van der Waals surface area contributed by atoms with Gasteiger partial charge in [0.15, 0.2) is 0 Å². The van der Waals surface area contributed by atoms with Gasteiger partial charge in [-0.25, -0.2) is 0 Å². The lowest BCUT2D eigenvalue weighted by molar-refractivity contribution is -0.121. The highest BCUT2D eigenvalue weighted by Gasteiger charge is 2.09. The van der Waals surface area contributed by atoms with E-state index in [0.717, 1.165) is 31.7 Å². The molecule has 0 aromatic rings. The van der Waals surface area contributed by atoms with E-state index >= 15 is 0 Å². The van der Waals surface area contributed by atoms with Gasteiger partial charge in [0, 0.05) is 13.0 Å². The number of nitrogens with one attached hydrogen (secondary N) is 1. The molecule has 0 fully saturated rings. The lowest BCUT2D eigenvalue weighted by Gasteiger charge is -2.25. The van der Waals surface area contributed by atoms with E-state index in [2.05, 4.69) is 44.8 Å². The lowest BCUT2D eigenvalue weighted by Crippen LogP contribution is -2.30. The minimum Gasteiger partial charge on any atom is -0.356 e. The summed E-state index contributed by atoms with van der Waals surface area (Å²) >= 11 is 0. The predicted octanol–water partition coefficient (Wildman–Crippen LogP) is 5.25. The number of carbonyl (C=O) groups excluding carboxylic acids is 1. The Balaban J connectivity index is 3.92. The van der Waals surface area contributed by atoms with Crippen molar-refractivity contribution in [2.24, 2.45) is 11.8 Å². The molecule has 1 amide bonds. The molecule has 1 N–H and O–H groups in total. The van der Waals surface area contributed by atoms with Gasteiger partial charge in [0.25, 0.3) is 0 Å². The van der Waals surface area contributed by atoms with Crippen molar-refractivity contribution in [2.45, 2.75) is 92.4 Å². The molecule has 0 spiro atoms. The summed E-state index contributed by atoms with van der Waals surface area (Å²) in [5.74, 6) is 1.70. The van der Waals surface area contributed by atoms with Gasteiger partial charge >= 0.3 is 0 Å². The maximum Gasteiger partial charge on any atom is 0.219 e. The number of unbranched alkanes of at least 4 members (excludes halogenated alkanes) is 3. The van der Waals surface area contributed by atoms with Crippen molar-refractivity contribution < 1.29 is 4.79 Å². The molecule has 3 heteroatoms. The first-order valence-corrected chi connectivity index (χ1v) is 10.5. The molecule has 0 radical (unpaired) electrons. The molecule has 0 aromatic heterocycles. The number of carbonyl (C=O) groups is 1. The summed E-state index contributed by atoms with van der Waals surface area (Å²) in [4.78, 5) is 14.3. The van der Waals surface area contributed by atoms with E-state index in [-0.39, 0.29) is 5.91 Å². The summed E-state index contributed by atoms with van der Waals surface area (Å²) in [7, 11) is 0. The van der Waals surface area contributed by atoms with E-state index < -0.39 is 0 Å². The zero-order chi connectivity index (χ0) is 18.2. The van der Waals surface area contributed by atoms with Crippen molar-refractivity contribution in [1.29, 1.82) is 0 Å². The number of amides is 1. The van der Waals surface area contributed by atoms with E-state index in [0.29, 0.717) is 12.3 Å². The van der Waals surface area contributed by atoms with E-state index in [1.807, 2.05) is 0 Å². The van der Waals surface area contributed by atoms with Crippen LogP contribution >= 0.6 is 0 Å². The van der Waals surface area contributed by atoms with Crippen LogP contribution in [0.1, 0.15) is 92.4 Å². The minimum atomic E-state index is 0.224. The number of hydrogen-bond donors (Lipinski definition) is 1. The summed E-state index contributed by atoms with van der Waals surface area (Å²) in [5, 5.41) is 3.07. The van der Waals surface area contributed by atoms with Crippen molar-refractivity contribution in [3.05, 3.63) is 0 Å². The van der Waals surface area contributed by atoms with Crippen LogP contribution in [0.15, 0.2) is 0 Å². The molecule has 144 valence electrons. The monoisotopic (exact) mass is 340 g/mol. The molecule has 1 atom stereocenters. The van der Waals surface area contributed by atoms with E-state index in [1.165, 1.54) is 51.7 Å². The van der Waals surface area contributed by atoms with Gasteiger partial charge in [0.1, 0.15) is 0 Å². The molecule has 0 aromatic carbocycles. The smallest absolute Gasteiger partial charge is 0.219 e. The molecule has 0 bridgehead atoms. The fourth-order valence-corrected chi connectivity index (χ4v) is 2.79. The number of hydrogen-bond acceptors (Lipinski definition) is 2. The second-order valence-electron chi connectivity index (χ2n) is 7.87. The van der Waals surface area contributed by atoms with Crippen molar-refractivity contribution in [3.8, 4) is 0 Å². The number of nitrogens with zero attached hydrogens (tertiary/aromatic N) is 1. The zero-order valence-corrected chi connectivity index (χ0v) is 17.2. The van der Waals surface area contributed by atoms with Crippen LogP contribution in [0.25, 0.3) is 0 Å². The average molecular weight is 341 g/mol. The maximum atomic E-state index is 11.6. The lowest BCUT2D eigenvalue weighted by atomic mass is 10.0. The van der Waals surface area contributed by atoms with Crippen molar-refractivity contribution in [2.75, 3.05) is 26.2 Å². The highest BCUT2D eigenvalue weighted by atomic mass is 16.1. The van der Waals surface area contributed by atoms with Gasteiger partial charge in [0.05, 0.1) is 0 Å². The SMILES string of the molecule is CCCCCN(CCC(C)C)CCC(C)CCNC(=O)CCCC. The van der Waals surface area contributed by atoms with Gasteiger partial charge in [-0.3, -0.25) is 4.79 Å². The molecule has 0 aliphatic carbocycles. The van der Waals surface area contributed by atoms with Crippen molar-refractivity contribution in [3.63, 3.8) is 0 Å². The van der Waals surface area contributed by atoms with Gasteiger partial charge in [0.2, 0.25) is 5.91 Å². The Kier molecular flexibility index (Phi) is 15.6. The van der Waals surface area contributed by atoms with Gasteiger partial charge in [-0.15, -0.1) is 0 Å². The third kappa shape index (κ3) is 15.0. The first-order valence-electron chi connectivity index (χ1n) is 10.5. The fourth-order valence-electron chi connectivity index (χ4n) is 2.79. The molecule has 0 aliphatic heterocycles. The van der Waals surface area contributed by atoms with Crippen LogP contribution in [-0.4, -0.2) is 37.0 Å². The Morgan fingerprint density at radius 2 is 1.54 bits per heavy atom. The first kappa shape index (κ1) is 23.4. The zero-order valence-electron chi connectivity index (χ0n) is 17.2. The Hall–Kier alpha value is -0.570. The molecule has 0 saturated heterocycles. The molecular formula is C21H44N2O. The summed E-state index contributed by atoms with van der Waals surface area (Å²) in [5.41, 5.74) is 0. The fraction of sp³-hybridized carbons (Fsp3) is 0.952. The second kappa shape index (κ2) is 15.9. The van der Waals surface area contributed by atoms with Crippen LogP contribution in [-0.2, 0) is 4.79 Å².